The molecule has 2 amide bonds. The smallest absolute Gasteiger partial charge is 0.257 e. The number of piperazine rings is 1. The SMILES string of the molecule is CC(C)Oc1cccc(C(=O)NC(=S)Nc2ccc(N3CCN(C(=O)C(C)C)CC3)c(Cl)c2)c1. The molecule has 2 aromatic carbocycles. The van der Waals surface area contributed by atoms with Gasteiger partial charge in [-0.25, -0.2) is 0 Å². The molecule has 1 aliphatic heterocycles. The molecule has 1 fully saturated rings. The topological polar surface area (TPSA) is 73.9 Å². The number of nitrogens with zero attached hydrogens (tertiary/aromatic N) is 2. The molecule has 0 saturated carbocycles. The highest BCUT2D eigenvalue weighted by molar-refractivity contribution is 7.80. The Kier molecular flexibility index (Phi) is 8.74. The first-order valence-corrected chi connectivity index (χ1v) is 12.1. The predicted molar refractivity (Wildman–Crippen MR) is 141 cm³/mol. The van der Waals surface area contributed by atoms with E-state index in [4.69, 9.17) is 28.6 Å². The first-order chi connectivity index (χ1) is 16.1. The molecular formula is C25H31ClN4O3S. The van der Waals surface area contributed by atoms with Crippen molar-refractivity contribution in [1.29, 1.82) is 0 Å². The molecule has 0 aromatic heterocycles. The van der Waals surface area contributed by atoms with Crippen LogP contribution in [0, 0.1) is 5.92 Å². The molecule has 182 valence electrons. The van der Waals surface area contributed by atoms with Crippen molar-refractivity contribution in [2.24, 2.45) is 5.92 Å². The van der Waals surface area contributed by atoms with Crippen molar-refractivity contribution in [3.05, 3.63) is 53.1 Å². The standard InChI is InChI=1S/C25H31ClN4O3S/c1-16(2)24(32)30-12-10-29(11-13-30)22-9-8-19(15-21(22)26)27-25(34)28-23(31)18-6-5-7-20(14-18)33-17(3)4/h5-9,14-17H,10-13H2,1-4H3,(H2,27,28,31,34). The number of anilines is 2. The number of thiocarbonyl (C=S) groups is 1. The summed E-state index contributed by atoms with van der Waals surface area (Å²) in [5.74, 6) is 0.476. The first kappa shape index (κ1) is 25.8. The van der Waals surface area contributed by atoms with E-state index in [2.05, 4.69) is 15.5 Å². The summed E-state index contributed by atoms with van der Waals surface area (Å²) in [4.78, 5) is 28.8. The highest BCUT2D eigenvalue weighted by atomic mass is 35.5. The van der Waals surface area contributed by atoms with Crippen molar-refractivity contribution in [1.82, 2.24) is 10.2 Å². The number of carbonyl (C=O) groups excluding carboxylic acids is 2. The Morgan fingerprint density at radius 1 is 1.03 bits per heavy atom. The molecule has 1 aliphatic rings. The lowest BCUT2D eigenvalue weighted by atomic mass is 10.1. The molecule has 0 bridgehead atoms. The van der Waals surface area contributed by atoms with Crippen molar-refractivity contribution < 1.29 is 14.3 Å². The highest BCUT2D eigenvalue weighted by Crippen LogP contribution is 2.30. The molecular weight excluding hydrogens is 472 g/mol. The van der Waals surface area contributed by atoms with Crippen molar-refractivity contribution in [2.45, 2.75) is 33.8 Å². The summed E-state index contributed by atoms with van der Waals surface area (Å²) >= 11 is 11.9. The van der Waals surface area contributed by atoms with Crippen LogP contribution in [0.5, 0.6) is 5.75 Å². The minimum Gasteiger partial charge on any atom is -0.491 e. The average molecular weight is 503 g/mol. The van der Waals surface area contributed by atoms with Gasteiger partial charge in [-0.05, 0) is 62.5 Å². The number of hydrogen-bond acceptors (Lipinski definition) is 5. The van der Waals surface area contributed by atoms with Crippen molar-refractivity contribution in [3.8, 4) is 5.75 Å². The van der Waals surface area contributed by atoms with Crippen molar-refractivity contribution >= 4 is 52.1 Å². The van der Waals surface area contributed by atoms with Crippen molar-refractivity contribution in [2.75, 3.05) is 36.4 Å². The van der Waals surface area contributed by atoms with Crippen LogP contribution in [0.3, 0.4) is 0 Å². The first-order valence-electron chi connectivity index (χ1n) is 11.4. The molecule has 3 rings (SSSR count). The summed E-state index contributed by atoms with van der Waals surface area (Å²) in [6, 6.07) is 12.5. The molecule has 34 heavy (non-hydrogen) atoms. The molecule has 0 spiro atoms. The number of ether oxygens (including phenoxy) is 1. The summed E-state index contributed by atoms with van der Waals surface area (Å²) < 4.78 is 5.64. The maximum absolute atomic E-state index is 12.6. The number of amides is 2. The number of nitrogens with one attached hydrogen (secondary N) is 2. The van der Waals surface area contributed by atoms with E-state index in [9.17, 15) is 9.59 Å². The van der Waals surface area contributed by atoms with Gasteiger partial charge in [-0.15, -0.1) is 0 Å². The third-order valence-electron chi connectivity index (χ3n) is 5.33. The quantitative estimate of drug-likeness (QED) is 0.564. The van der Waals surface area contributed by atoms with E-state index in [-0.39, 0.29) is 28.9 Å². The third-order valence-corrected chi connectivity index (χ3v) is 5.83. The molecule has 0 unspecified atom stereocenters. The molecule has 2 aromatic rings. The number of carbonyl (C=O) groups is 2. The van der Waals surface area contributed by atoms with Gasteiger partial charge in [0.15, 0.2) is 5.11 Å². The van der Waals surface area contributed by atoms with Gasteiger partial charge in [-0.3, -0.25) is 14.9 Å². The largest absolute Gasteiger partial charge is 0.491 e. The van der Waals surface area contributed by atoms with Crippen molar-refractivity contribution in [3.63, 3.8) is 0 Å². The Labute approximate surface area is 211 Å². The highest BCUT2D eigenvalue weighted by Gasteiger charge is 2.24. The molecule has 0 aliphatic carbocycles. The van der Waals surface area contributed by atoms with E-state index in [1.54, 1.807) is 30.3 Å². The van der Waals surface area contributed by atoms with E-state index in [1.807, 2.05) is 44.7 Å². The van der Waals surface area contributed by atoms with Gasteiger partial charge < -0.3 is 19.9 Å². The number of hydrogen-bond donors (Lipinski definition) is 2. The normalized spacial score (nSPS) is 13.7. The fourth-order valence-electron chi connectivity index (χ4n) is 3.69. The second-order valence-corrected chi connectivity index (χ2v) is 9.55. The van der Waals surface area contributed by atoms with Gasteiger partial charge in [-0.2, -0.15) is 0 Å². The van der Waals surface area contributed by atoms with E-state index in [1.165, 1.54) is 0 Å². The van der Waals surface area contributed by atoms with Gasteiger partial charge in [-0.1, -0.05) is 31.5 Å². The molecule has 1 heterocycles. The monoisotopic (exact) mass is 502 g/mol. The van der Waals surface area contributed by atoms with Crippen LogP contribution in [0.4, 0.5) is 11.4 Å². The summed E-state index contributed by atoms with van der Waals surface area (Å²) in [5.41, 5.74) is 2.02. The van der Waals surface area contributed by atoms with Gasteiger partial charge in [0, 0.05) is 43.3 Å². The summed E-state index contributed by atoms with van der Waals surface area (Å²) in [7, 11) is 0. The number of rotatable bonds is 6. The van der Waals surface area contributed by atoms with E-state index in [0.29, 0.717) is 35.1 Å². The number of halogens is 1. The maximum Gasteiger partial charge on any atom is 0.257 e. The van der Waals surface area contributed by atoms with Crippen LogP contribution < -0.4 is 20.3 Å². The Hall–Kier alpha value is -2.84. The molecule has 1 saturated heterocycles. The lowest BCUT2D eigenvalue weighted by Gasteiger charge is -2.37. The molecule has 7 nitrogen and oxygen atoms in total. The zero-order valence-corrected chi connectivity index (χ0v) is 21.5. The average Bonchev–Trinajstić information content (AvgIpc) is 2.78. The fourth-order valence-corrected chi connectivity index (χ4v) is 4.21. The minimum atomic E-state index is -0.330. The lowest BCUT2D eigenvalue weighted by Crippen LogP contribution is -2.50. The van der Waals surface area contributed by atoms with Crippen LogP contribution in [0.25, 0.3) is 0 Å². The van der Waals surface area contributed by atoms with Gasteiger partial charge in [0.25, 0.3) is 5.91 Å². The Bertz CT molecular complexity index is 1050. The summed E-state index contributed by atoms with van der Waals surface area (Å²) in [6.45, 7) is 10.5. The maximum atomic E-state index is 12.6. The fraction of sp³-hybridized carbons (Fsp3) is 0.400. The van der Waals surface area contributed by atoms with Crippen LogP contribution in [-0.4, -0.2) is 54.1 Å². The molecule has 0 atom stereocenters. The second kappa shape index (κ2) is 11.5. The molecule has 9 heteroatoms. The van der Waals surface area contributed by atoms with Crippen LogP contribution in [0.1, 0.15) is 38.1 Å². The van der Waals surface area contributed by atoms with E-state index < -0.39 is 0 Å². The van der Waals surface area contributed by atoms with Gasteiger partial charge in [0.05, 0.1) is 16.8 Å². The Morgan fingerprint density at radius 3 is 2.35 bits per heavy atom. The molecule has 0 radical (unpaired) electrons. The van der Waals surface area contributed by atoms with E-state index >= 15 is 0 Å². The Balaban J connectivity index is 1.57. The lowest BCUT2D eigenvalue weighted by molar-refractivity contribution is -0.134. The van der Waals surface area contributed by atoms with Crippen LogP contribution >= 0.6 is 23.8 Å². The second-order valence-electron chi connectivity index (χ2n) is 8.74. The number of benzene rings is 2. The summed E-state index contributed by atoms with van der Waals surface area (Å²) in [5, 5.41) is 6.43. The Morgan fingerprint density at radius 2 is 1.74 bits per heavy atom. The van der Waals surface area contributed by atoms with Gasteiger partial charge >= 0.3 is 0 Å². The third kappa shape index (κ3) is 6.84. The summed E-state index contributed by atoms with van der Waals surface area (Å²) in [6.07, 6.45) is 0.0141. The van der Waals surface area contributed by atoms with Crippen LogP contribution in [0.15, 0.2) is 42.5 Å². The van der Waals surface area contributed by atoms with Crippen LogP contribution in [-0.2, 0) is 4.79 Å². The van der Waals surface area contributed by atoms with Crippen LogP contribution in [0.2, 0.25) is 5.02 Å². The zero-order chi connectivity index (χ0) is 24.8. The molecule has 2 N–H and O–H groups in total. The van der Waals surface area contributed by atoms with E-state index in [0.717, 1.165) is 18.8 Å². The van der Waals surface area contributed by atoms with Gasteiger partial charge in [0.1, 0.15) is 5.75 Å². The predicted octanol–water partition coefficient (Wildman–Crippen LogP) is 4.56. The van der Waals surface area contributed by atoms with Gasteiger partial charge in [0.2, 0.25) is 5.91 Å². The minimum absolute atomic E-state index is 0.00198. The zero-order valence-electron chi connectivity index (χ0n) is 19.9.